The van der Waals surface area contributed by atoms with E-state index in [0.29, 0.717) is 26.2 Å². The highest BCUT2D eigenvalue weighted by Gasteiger charge is 2.26. The molecule has 140 valence electrons. The molecule has 1 heterocycles. The predicted octanol–water partition coefficient (Wildman–Crippen LogP) is 2.62. The minimum Gasteiger partial charge on any atom is -0.332 e. The predicted molar refractivity (Wildman–Crippen MR) is 104 cm³/mol. The number of nitrogens with zero attached hydrogens (tertiary/aromatic N) is 2. The molecule has 0 aromatic heterocycles. The molecule has 2 amide bonds. The van der Waals surface area contributed by atoms with Crippen LogP contribution in [-0.2, 0) is 9.59 Å². The molecule has 0 unspecified atom stereocenters. The summed E-state index contributed by atoms with van der Waals surface area (Å²) < 4.78 is 13.6. The first-order chi connectivity index (χ1) is 13.1. The molecule has 0 radical (unpaired) electrons. The second-order valence-electron chi connectivity index (χ2n) is 6.34. The second-order valence-corrected chi connectivity index (χ2v) is 6.34. The molecular formula is C21H22FN3O2. The Bertz CT molecular complexity index is 815. The molecule has 3 rings (SSSR count). The number of rotatable bonds is 4. The highest BCUT2D eigenvalue weighted by Crippen LogP contribution is 2.13. The molecule has 0 aliphatic carbocycles. The van der Waals surface area contributed by atoms with Crippen molar-refractivity contribution in [3.63, 3.8) is 0 Å². The zero-order valence-corrected chi connectivity index (χ0v) is 15.0. The number of hydrogen-bond donors (Lipinski definition) is 1. The van der Waals surface area contributed by atoms with Crippen LogP contribution in [0.15, 0.2) is 60.7 Å². The van der Waals surface area contributed by atoms with Crippen molar-refractivity contribution < 1.29 is 14.0 Å². The smallest absolute Gasteiger partial charge is 0.313 e. The van der Waals surface area contributed by atoms with Crippen LogP contribution in [0.1, 0.15) is 5.56 Å². The number of benzene rings is 2. The minimum absolute atomic E-state index is 0.0144. The fraction of sp³-hybridized carbons (Fsp3) is 0.238. The number of carbonyl (C=O) groups is 2. The molecule has 1 fully saturated rings. The van der Waals surface area contributed by atoms with Crippen LogP contribution in [0.5, 0.6) is 0 Å². The summed E-state index contributed by atoms with van der Waals surface area (Å²) in [6, 6.07) is 15.9. The summed E-state index contributed by atoms with van der Waals surface area (Å²) >= 11 is 0. The molecule has 1 aliphatic heterocycles. The van der Waals surface area contributed by atoms with E-state index in [1.807, 2.05) is 30.3 Å². The van der Waals surface area contributed by atoms with Crippen LogP contribution in [-0.4, -0.2) is 54.3 Å². The zero-order chi connectivity index (χ0) is 19.1. The molecule has 1 N–H and O–H groups in total. The minimum atomic E-state index is -0.808. The van der Waals surface area contributed by atoms with Gasteiger partial charge < -0.3 is 10.2 Å². The molecule has 6 heteroatoms. The Morgan fingerprint density at radius 2 is 1.63 bits per heavy atom. The van der Waals surface area contributed by atoms with Gasteiger partial charge in [0.25, 0.3) is 0 Å². The molecule has 1 saturated heterocycles. The van der Waals surface area contributed by atoms with Gasteiger partial charge in [0.15, 0.2) is 0 Å². The SMILES string of the molecule is O=C(Nc1ccccc1F)C(=O)N1CCN(C/C=C/c2ccccc2)CC1. The topological polar surface area (TPSA) is 52.7 Å². The third-order valence-electron chi connectivity index (χ3n) is 4.45. The first-order valence-electron chi connectivity index (χ1n) is 8.92. The van der Waals surface area contributed by atoms with E-state index in [1.165, 1.54) is 23.1 Å². The molecular weight excluding hydrogens is 345 g/mol. The molecule has 0 saturated carbocycles. The lowest BCUT2D eigenvalue weighted by molar-refractivity contribution is -0.144. The largest absolute Gasteiger partial charge is 0.332 e. The van der Waals surface area contributed by atoms with Gasteiger partial charge in [0, 0.05) is 32.7 Å². The summed E-state index contributed by atoms with van der Waals surface area (Å²) in [4.78, 5) is 28.1. The number of anilines is 1. The van der Waals surface area contributed by atoms with Crippen LogP contribution < -0.4 is 5.32 Å². The fourth-order valence-electron chi connectivity index (χ4n) is 2.92. The van der Waals surface area contributed by atoms with E-state index >= 15 is 0 Å². The van der Waals surface area contributed by atoms with Gasteiger partial charge >= 0.3 is 11.8 Å². The highest BCUT2D eigenvalue weighted by atomic mass is 19.1. The molecule has 1 aliphatic rings. The lowest BCUT2D eigenvalue weighted by atomic mass is 10.2. The van der Waals surface area contributed by atoms with Crippen LogP contribution in [0.3, 0.4) is 0 Å². The van der Waals surface area contributed by atoms with E-state index in [1.54, 1.807) is 6.07 Å². The van der Waals surface area contributed by atoms with Crippen molar-refractivity contribution >= 4 is 23.6 Å². The lowest BCUT2D eigenvalue weighted by Crippen LogP contribution is -2.51. The van der Waals surface area contributed by atoms with Gasteiger partial charge in [-0.15, -0.1) is 0 Å². The van der Waals surface area contributed by atoms with Gasteiger partial charge in [-0.25, -0.2) is 4.39 Å². The van der Waals surface area contributed by atoms with Gasteiger partial charge in [0.2, 0.25) is 0 Å². The Hall–Kier alpha value is -2.99. The summed E-state index contributed by atoms with van der Waals surface area (Å²) in [6.07, 6.45) is 4.16. The molecule has 0 bridgehead atoms. The molecule has 2 aromatic rings. The lowest BCUT2D eigenvalue weighted by Gasteiger charge is -2.33. The van der Waals surface area contributed by atoms with Crippen LogP contribution >= 0.6 is 0 Å². The monoisotopic (exact) mass is 367 g/mol. The Balaban J connectivity index is 1.45. The standard InChI is InChI=1S/C21H22FN3O2/c22-18-10-4-5-11-19(18)23-20(26)21(27)25-15-13-24(14-16-25)12-6-9-17-7-2-1-3-8-17/h1-11H,12-16H2,(H,23,26)/b9-6+. The zero-order valence-electron chi connectivity index (χ0n) is 15.0. The third kappa shape index (κ3) is 5.24. The normalized spacial score (nSPS) is 15.1. The van der Waals surface area contributed by atoms with Crippen LogP contribution in [0.4, 0.5) is 10.1 Å². The Morgan fingerprint density at radius 1 is 0.963 bits per heavy atom. The van der Waals surface area contributed by atoms with Gasteiger partial charge in [-0.3, -0.25) is 14.5 Å². The summed E-state index contributed by atoms with van der Waals surface area (Å²) in [6.45, 7) is 3.12. The van der Waals surface area contributed by atoms with Crippen molar-refractivity contribution in [2.45, 2.75) is 0 Å². The first kappa shape index (κ1) is 18.8. The maximum absolute atomic E-state index is 13.6. The van der Waals surface area contributed by atoms with Gasteiger partial charge in [-0.2, -0.15) is 0 Å². The van der Waals surface area contributed by atoms with Crippen molar-refractivity contribution in [3.05, 3.63) is 72.1 Å². The van der Waals surface area contributed by atoms with E-state index in [4.69, 9.17) is 0 Å². The second kappa shape index (κ2) is 9.09. The molecule has 2 aromatic carbocycles. The number of halogens is 1. The number of amides is 2. The average Bonchev–Trinajstić information content (AvgIpc) is 2.70. The van der Waals surface area contributed by atoms with Crippen LogP contribution in [0, 0.1) is 5.82 Å². The maximum Gasteiger partial charge on any atom is 0.313 e. The molecule has 0 atom stereocenters. The Morgan fingerprint density at radius 3 is 2.33 bits per heavy atom. The van der Waals surface area contributed by atoms with E-state index < -0.39 is 17.6 Å². The molecule has 0 spiro atoms. The van der Waals surface area contributed by atoms with E-state index in [0.717, 1.165) is 12.1 Å². The van der Waals surface area contributed by atoms with Crippen LogP contribution in [0.2, 0.25) is 0 Å². The van der Waals surface area contributed by atoms with Crippen molar-refractivity contribution in [2.24, 2.45) is 0 Å². The van der Waals surface area contributed by atoms with Gasteiger partial charge in [-0.05, 0) is 17.7 Å². The van der Waals surface area contributed by atoms with Gasteiger partial charge in [-0.1, -0.05) is 54.6 Å². The Kier molecular flexibility index (Phi) is 6.33. The molecule has 5 nitrogen and oxygen atoms in total. The van der Waals surface area contributed by atoms with E-state index in [-0.39, 0.29) is 5.69 Å². The van der Waals surface area contributed by atoms with Crippen molar-refractivity contribution in [3.8, 4) is 0 Å². The first-order valence-corrected chi connectivity index (χ1v) is 8.92. The number of nitrogens with one attached hydrogen (secondary N) is 1. The number of hydrogen-bond acceptors (Lipinski definition) is 3. The van der Waals surface area contributed by atoms with Gasteiger partial charge in [0.1, 0.15) is 5.82 Å². The van der Waals surface area contributed by atoms with Crippen molar-refractivity contribution in [2.75, 3.05) is 38.0 Å². The van der Waals surface area contributed by atoms with Crippen molar-refractivity contribution in [1.82, 2.24) is 9.80 Å². The summed E-state index contributed by atoms with van der Waals surface area (Å²) in [5.74, 6) is -2.00. The number of piperazine rings is 1. The average molecular weight is 367 g/mol. The fourth-order valence-corrected chi connectivity index (χ4v) is 2.92. The molecule has 27 heavy (non-hydrogen) atoms. The summed E-state index contributed by atoms with van der Waals surface area (Å²) in [5.41, 5.74) is 1.16. The van der Waals surface area contributed by atoms with Crippen molar-refractivity contribution in [1.29, 1.82) is 0 Å². The maximum atomic E-state index is 13.6. The highest BCUT2D eigenvalue weighted by molar-refractivity contribution is 6.39. The summed E-state index contributed by atoms with van der Waals surface area (Å²) in [7, 11) is 0. The van der Waals surface area contributed by atoms with E-state index in [9.17, 15) is 14.0 Å². The van der Waals surface area contributed by atoms with E-state index in [2.05, 4.69) is 22.4 Å². The third-order valence-corrected chi connectivity index (χ3v) is 4.45. The van der Waals surface area contributed by atoms with Crippen LogP contribution in [0.25, 0.3) is 6.08 Å². The number of carbonyl (C=O) groups excluding carboxylic acids is 2. The number of para-hydroxylation sites is 1. The Labute approximate surface area is 158 Å². The van der Waals surface area contributed by atoms with Gasteiger partial charge in [0.05, 0.1) is 5.69 Å². The summed E-state index contributed by atoms with van der Waals surface area (Å²) in [5, 5.41) is 2.34. The quantitative estimate of drug-likeness (QED) is 0.846.